The highest BCUT2D eigenvalue weighted by atomic mass is 16.2. The van der Waals surface area contributed by atoms with Crippen molar-refractivity contribution in [3.05, 3.63) is 71.6 Å². The van der Waals surface area contributed by atoms with Crippen molar-refractivity contribution in [2.45, 2.75) is 19.3 Å². The molecule has 2 amide bonds. The van der Waals surface area contributed by atoms with Crippen LogP contribution < -0.4 is 10.6 Å². The molecule has 32 heavy (non-hydrogen) atoms. The Morgan fingerprint density at radius 1 is 1.19 bits per heavy atom. The Hall–Kier alpha value is -3.59. The van der Waals surface area contributed by atoms with E-state index in [4.69, 9.17) is 0 Å². The number of nitrogens with zero attached hydrogens (tertiary/aromatic N) is 5. The number of rotatable bonds is 6. The first-order valence-electron chi connectivity index (χ1n) is 10.7. The molecule has 0 spiro atoms. The fourth-order valence-corrected chi connectivity index (χ4v) is 3.74. The number of nitrogens with one attached hydrogen (secondary N) is 2. The van der Waals surface area contributed by atoms with E-state index < -0.39 is 0 Å². The summed E-state index contributed by atoms with van der Waals surface area (Å²) in [7, 11) is 1.92. The van der Waals surface area contributed by atoms with Crippen molar-refractivity contribution < 1.29 is 9.59 Å². The highest BCUT2D eigenvalue weighted by Crippen LogP contribution is 2.22. The molecular weight excluding hydrogens is 406 g/mol. The van der Waals surface area contributed by atoms with Crippen LogP contribution in [0.2, 0.25) is 0 Å². The number of pyridine rings is 1. The number of piperazine rings is 1. The van der Waals surface area contributed by atoms with Gasteiger partial charge < -0.3 is 20.1 Å². The van der Waals surface area contributed by atoms with Crippen molar-refractivity contribution in [3.8, 4) is 0 Å². The van der Waals surface area contributed by atoms with Crippen molar-refractivity contribution in [1.29, 1.82) is 0 Å². The molecule has 4 rings (SSSR count). The molecule has 0 radical (unpaired) electrons. The van der Waals surface area contributed by atoms with E-state index in [1.807, 2.05) is 35.9 Å². The maximum Gasteiger partial charge on any atom is 0.274 e. The zero-order chi connectivity index (χ0) is 22.5. The van der Waals surface area contributed by atoms with Crippen LogP contribution in [0.1, 0.15) is 45.1 Å². The first-order valence-corrected chi connectivity index (χ1v) is 10.7. The predicted molar refractivity (Wildman–Crippen MR) is 121 cm³/mol. The van der Waals surface area contributed by atoms with Crippen LogP contribution in [0.15, 0.2) is 48.9 Å². The molecule has 1 aliphatic rings. The maximum absolute atomic E-state index is 12.8. The second-order valence-electron chi connectivity index (χ2n) is 8.01. The van der Waals surface area contributed by atoms with Gasteiger partial charge in [0.25, 0.3) is 11.8 Å². The number of carbonyl (C=O) groups excluding carboxylic acids is 2. The van der Waals surface area contributed by atoms with Crippen molar-refractivity contribution in [2.24, 2.45) is 7.05 Å². The number of anilines is 1. The lowest BCUT2D eigenvalue weighted by Gasteiger charge is -2.27. The molecule has 2 aromatic heterocycles. The number of aryl methyl sites for hydroxylation is 1. The molecule has 1 fully saturated rings. The molecular formula is C23H27N7O2. The van der Waals surface area contributed by atoms with E-state index in [9.17, 15) is 9.59 Å². The van der Waals surface area contributed by atoms with Gasteiger partial charge in [-0.1, -0.05) is 19.1 Å². The minimum absolute atomic E-state index is 0.0810. The van der Waals surface area contributed by atoms with Gasteiger partial charge in [-0.2, -0.15) is 0 Å². The van der Waals surface area contributed by atoms with Crippen LogP contribution in [0.4, 0.5) is 5.69 Å². The van der Waals surface area contributed by atoms with E-state index in [1.165, 1.54) is 6.20 Å². The van der Waals surface area contributed by atoms with Crippen LogP contribution in [-0.4, -0.2) is 62.6 Å². The largest absolute Gasteiger partial charge is 0.336 e. The number of benzene rings is 1. The fraction of sp³-hybridized carbons (Fsp3) is 0.348. The first kappa shape index (κ1) is 21.6. The zero-order valence-corrected chi connectivity index (χ0v) is 18.3. The molecule has 0 aliphatic carbocycles. The normalized spacial score (nSPS) is 14.8. The second kappa shape index (κ2) is 9.69. The van der Waals surface area contributed by atoms with Crippen molar-refractivity contribution in [1.82, 2.24) is 30.0 Å². The topological polar surface area (TPSA) is 105 Å². The van der Waals surface area contributed by atoms with Crippen molar-refractivity contribution in [3.63, 3.8) is 0 Å². The van der Waals surface area contributed by atoms with Gasteiger partial charge in [-0.15, -0.1) is 10.2 Å². The molecule has 2 N–H and O–H groups in total. The first-order chi connectivity index (χ1) is 15.5. The van der Waals surface area contributed by atoms with E-state index in [0.29, 0.717) is 24.3 Å². The van der Waals surface area contributed by atoms with Gasteiger partial charge >= 0.3 is 0 Å². The highest BCUT2D eigenvalue weighted by Gasteiger charge is 2.20. The third-order valence-electron chi connectivity index (χ3n) is 5.65. The fourth-order valence-electron chi connectivity index (χ4n) is 3.74. The molecule has 0 bridgehead atoms. The summed E-state index contributed by atoms with van der Waals surface area (Å²) in [5, 5.41) is 14.2. The number of amides is 2. The SMILES string of the molecule is CC(Cc1nncn1C)c1cccc(NC(=O)c2cc(C(=O)N3CCNCC3)ccn2)c1. The molecule has 1 atom stereocenters. The lowest BCUT2D eigenvalue weighted by molar-refractivity contribution is 0.0735. The highest BCUT2D eigenvalue weighted by molar-refractivity contribution is 6.04. The molecule has 3 heterocycles. The Morgan fingerprint density at radius 3 is 2.75 bits per heavy atom. The van der Waals surface area contributed by atoms with Gasteiger partial charge in [-0.25, -0.2) is 0 Å². The van der Waals surface area contributed by atoms with Gasteiger partial charge in [0.2, 0.25) is 0 Å². The van der Waals surface area contributed by atoms with Crippen LogP contribution in [-0.2, 0) is 13.5 Å². The van der Waals surface area contributed by atoms with E-state index >= 15 is 0 Å². The molecule has 1 aromatic carbocycles. The number of hydrogen-bond acceptors (Lipinski definition) is 6. The summed E-state index contributed by atoms with van der Waals surface area (Å²) in [5.41, 5.74) is 2.45. The van der Waals surface area contributed by atoms with Crippen LogP contribution >= 0.6 is 0 Å². The quantitative estimate of drug-likeness (QED) is 0.615. The monoisotopic (exact) mass is 433 g/mol. The van der Waals surface area contributed by atoms with Crippen molar-refractivity contribution >= 4 is 17.5 Å². The predicted octanol–water partition coefficient (Wildman–Crippen LogP) is 1.85. The summed E-state index contributed by atoms with van der Waals surface area (Å²) >= 11 is 0. The van der Waals surface area contributed by atoms with E-state index in [0.717, 1.165) is 30.9 Å². The van der Waals surface area contributed by atoms with E-state index in [2.05, 4.69) is 32.7 Å². The molecule has 166 valence electrons. The summed E-state index contributed by atoms with van der Waals surface area (Å²) in [5.74, 6) is 0.676. The molecule has 1 saturated heterocycles. The van der Waals surface area contributed by atoms with Gasteiger partial charge in [0.05, 0.1) is 0 Å². The summed E-state index contributed by atoms with van der Waals surface area (Å²) < 4.78 is 1.91. The number of hydrogen-bond donors (Lipinski definition) is 2. The third-order valence-corrected chi connectivity index (χ3v) is 5.65. The van der Waals surface area contributed by atoms with Gasteiger partial charge in [-0.05, 0) is 35.7 Å². The Bertz CT molecular complexity index is 1100. The molecule has 1 unspecified atom stereocenters. The Kier molecular flexibility index (Phi) is 6.55. The molecule has 9 heteroatoms. The summed E-state index contributed by atoms with van der Waals surface area (Å²) in [6.45, 7) is 4.97. The number of aromatic nitrogens is 4. The van der Waals surface area contributed by atoms with Gasteiger partial charge in [0, 0.05) is 57.1 Å². The smallest absolute Gasteiger partial charge is 0.274 e. The van der Waals surface area contributed by atoms with Gasteiger partial charge in [0.15, 0.2) is 0 Å². The molecule has 0 saturated carbocycles. The lowest BCUT2D eigenvalue weighted by atomic mass is 9.97. The standard InChI is InChI=1S/C23H27N7O2/c1-16(12-21-28-26-15-29(21)2)17-4-3-5-19(13-17)27-22(31)20-14-18(6-7-25-20)23(32)30-10-8-24-9-11-30/h3-7,13-16,24H,8-12H2,1-2H3,(H,27,31). The van der Waals surface area contributed by atoms with E-state index in [1.54, 1.807) is 23.4 Å². The molecule has 9 nitrogen and oxygen atoms in total. The Balaban J connectivity index is 1.44. The minimum atomic E-state index is -0.349. The van der Waals surface area contributed by atoms with Crippen LogP contribution in [0.25, 0.3) is 0 Å². The van der Waals surface area contributed by atoms with Crippen LogP contribution in [0.5, 0.6) is 0 Å². The second-order valence-corrected chi connectivity index (χ2v) is 8.01. The van der Waals surface area contributed by atoms with Gasteiger partial charge in [-0.3, -0.25) is 14.6 Å². The lowest BCUT2D eigenvalue weighted by Crippen LogP contribution is -2.46. The van der Waals surface area contributed by atoms with Gasteiger partial charge in [0.1, 0.15) is 17.8 Å². The van der Waals surface area contributed by atoms with Crippen LogP contribution in [0, 0.1) is 0 Å². The zero-order valence-electron chi connectivity index (χ0n) is 18.3. The Morgan fingerprint density at radius 2 is 2.00 bits per heavy atom. The maximum atomic E-state index is 12.8. The van der Waals surface area contributed by atoms with Crippen molar-refractivity contribution in [2.75, 3.05) is 31.5 Å². The molecule has 3 aromatic rings. The number of carbonyl (C=O) groups is 2. The summed E-state index contributed by atoms with van der Waals surface area (Å²) in [6, 6.07) is 10.9. The summed E-state index contributed by atoms with van der Waals surface area (Å²) in [6.07, 6.45) is 3.93. The minimum Gasteiger partial charge on any atom is -0.336 e. The summed E-state index contributed by atoms with van der Waals surface area (Å²) in [4.78, 5) is 31.5. The molecule has 1 aliphatic heterocycles. The Labute approximate surface area is 186 Å². The third kappa shape index (κ3) is 5.00. The average Bonchev–Trinajstić information content (AvgIpc) is 3.23. The van der Waals surface area contributed by atoms with Crippen LogP contribution in [0.3, 0.4) is 0 Å². The van der Waals surface area contributed by atoms with E-state index in [-0.39, 0.29) is 23.4 Å². The average molecular weight is 434 g/mol.